The number of fused-ring (bicyclic) bond motifs is 1. The van der Waals surface area contributed by atoms with E-state index in [2.05, 4.69) is 6.07 Å². The highest BCUT2D eigenvalue weighted by atomic mass is 16.7. The van der Waals surface area contributed by atoms with Crippen LogP contribution in [0.15, 0.2) is 18.2 Å². The largest absolute Gasteiger partial charge is 0.454 e. The molecule has 0 bridgehead atoms. The van der Waals surface area contributed by atoms with Gasteiger partial charge in [-0.25, -0.2) is 0 Å². The smallest absolute Gasteiger partial charge is 0.231 e. The van der Waals surface area contributed by atoms with Crippen molar-refractivity contribution in [1.82, 2.24) is 0 Å². The maximum Gasteiger partial charge on any atom is 0.231 e. The summed E-state index contributed by atoms with van der Waals surface area (Å²) < 4.78 is 16.4. The summed E-state index contributed by atoms with van der Waals surface area (Å²) in [5.74, 6) is 1.62. The van der Waals surface area contributed by atoms with E-state index in [0.29, 0.717) is 13.4 Å². The second-order valence-electron chi connectivity index (χ2n) is 4.70. The third kappa shape index (κ3) is 2.14. The SMILES string of the molecule is N#CC1CCCC1OCc1ccc2c(c1)OCO2. The predicted molar refractivity (Wildman–Crippen MR) is 64.1 cm³/mol. The van der Waals surface area contributed by atoms with E-state index in [0.717, 1.165) is 36.3 Å². The van der Waals surface area contributed by atoms with Crippen LogP contribution in [0.5, 0.6) is 11.5 Å². The maximum atomic E-state index is 8.99. The van der Waals surface area contributed by atoms with Crippen molar-refractivity contribution in [1.29, 1.82) is 5.26 Å². The van der Waals surface area contributed by atoms with E-state index in [1.165, 1.54) is 0 Å². The Bertz CT molecular complexity index is 480. The van der Waals surface area contributed by atoms with Gasteiger partial charge in [0.15, 0.2) is 11.5 Å². The first-order valence-corrected chi connectivity index (χ1v) is 6.26. The van der Waals surface area contributed by atoms with Gasteiger partial charge in [0, 0.05) is 0 Å². The standard InChI is InChI=1S/C14H15NO3/c15-7-11-2-1-3-12(11)16-8-10-4-5-13-14(6-10)18-9-17-13/h4-6,11-12H,1-3,8-9H2. The summed E-state index contributed by atoms with van der Waals surface area (Å²) in [7, 11) is 0. The molecule has 1 heterocycles. The predicted octanol–water partition coefficient (Wildman–Crippen LogP) is 2.62. The Morgan fingerprint density at radius 2 is 2.17 bits per heavy atom. The molecule has 0 aromatic heterocycles. The summed E-state index contributed by atoms with van der Waals surface area (Å²) >= 11 is 0. The molecule has 1 fully saturated rings. The van der Waals surface area contributed by atoms with E-state index in [9.17, 15) is 0 Å². The van der Waals surface area contributed by atoms with Crippen LogP contribution in [0.2, 0.25) is 0 Å². The number of benzene rings is 1. The first-order valence-electron chi connectivity index (χ1n) is 6.26. The fourth-order valence-electron chi connectivity index (χ4n) is 2.51. The number of hydrogen-bond donors (Lipinski definition) is 0. The molecule has 1 aliphatic carbocycles. The minimum Gasteiger partial charge on any atom is -0.454 e. The van der Waals surface area contributed by atoms with E-state index in [1.807, 2.05) is 18.2 Å². The van der Waals surface area contributed by atoms with Crippen LogP contribution in [0, 0.1) is 17.2 Å². The van der Waals surface area contributed by atoms with Crippen molar-refractivity contribution < 1.29 is 14.2 Å². The fraction of sp³-hybridized carbons (Fsp3) is 0.500. The van der Waals surface area contributed by atoms with Gasteiger partial charge in [-0.3, -0.25) is 0 Å². The van der Waals surface area contributed by atoms with Gasteiger partial charge < -0.3 is 14.2 Å². The first-order chi connectivity index (χ1) is 8.86. The van der Waals surface area contributed by atoms with Crippen LogP contribution < -0.4 is 9.47 Å². The Hall–Kier alpha value is -1.73. The van der Waals surface area contributed by atoms with Crippen molar-refractivity contribution in [2.24, 2.45) is 5.92 Å². The molecule has 0 amide bonds. The summed E-state index contributed by atoms with van der Waals surface area (Å²) in [6.07, 6.45) is 3.12. The lowest BCUT2D eigenvalue weighted by Crippen LogP contribution is -2.16. The van der Waals surface area contributed by atoms with Crippen LogP contribution in [0.3, 0.4) is 0 Å². The molecule has 0 N–H and O–H groups in total. The molecule has 1 aromatic carbocycles. The van der Waals surface area contributed by atoms with Gasteiger partial charge in [0.05, 0.1) is 24.7 Å². The van der Waals surface area contributed by atoms with Crippen molar-refractivity contribution in [3.8, 4) is 17.6 Å². The Labute approximate surface area is 106 Å². The van der Waals surface area contributed by atoms with Gasteiger partial charge in [-0.2, -0.15) is 5.26 Å². The van der Waals surface area contributed by atoms with Crippen LogP contribution >= 0.6 is 0 Å². The topological polar surface area (TPSA) is 51.5 Å². The Morgan fingerprint density at radius 3 is 3.06 bits per heavy atom. The minimum atomic E-state index is 0.0546. The lowest BCUT2D eigenvalue weighted by atomic mass is 10.1. The van der Waals surface area contributed by atoms with E-state index in [4.69, 9.17) is 19.5 Å². The van der Waals surface area contributed by atoms with Crippen molar-refractivity contribution in [2.45, 2.75) is 32.0 Å². The molecule has 1 aliphatic heterocycles. The summed E-state index contributed by atoms with van der Waals surface area (Å²) in [5.41, 5.74) is 1.06. The fourth-order valence-corrected chi connectivity index (χ4v) is 2.51. The third-order valence-electron chi connectivity index (χ3n) is 3.52. The molecule has 94 valence electrons. The minimum absolute atomic E-state index is 0.0546. The summed E-state index contributed by atoms with van der Waals surface area (Å²) in [5, 5.41) is 8.99. The highest BCUT2D eigenvalue weighted by Gasteiger charge is 2.27. The third-order valence-corrected chi connectivity index (χ3v) is 3.52. The molecule has 18 heavy (non-hydrogen) atoms. The first kappa shape index (κ1) is 11.4. The van der Waals surface area contributed by atoms with Crippen LogP contribution in [0.1, 0.15) is 24.8 Å². The second-order valence-corrected chi connectivity index (χ2v) is 4.70. The maximum absolute atomic E-state index is 8.99. The highest BCUT2D eigenvalue weighted by Crippen LogP contribution is 2.33. The Balaban J connectivity index is 1.62. The Morgan fingerprint density at radius 1 is 1.28 bits per heavy atom. The summed E-state index contributed by atoms with van der Waals surface area (Å²) in [6.45, 7) is 0.818. The molecule has 1 aromatic rings. The van der Waals surface area contributed by atoms with Crippen LogP contribution in [0.4, 0.5) is 0 Å². The summed E-state index contributed by atoms with van der Waals surface area (Å²) in [4.78, 5) is 0. The number of ether oxygens (including phenoxy) is 3. The average Bonchev–Trinajstić information content (AvgIpc) is 3.04. The highest BCUT2D eigenvalue weighted by molar-refractivity contribution is 5.44. The zero-order valence-electron chi connectivity index (χ0n) is 10.1. The van der Waals surface area contributed by atoms with E-state index in [-0.39, 0.29) is 12.0 Å². The molecule has 2 aliphatic rings. The van der Waals surface area contributed by atoms with Gasteiger partial charge in [-0.05, 0) is 37.0 Å². The normalized spacial score (nSPS) is 25.1. The molecule has 3 rings (SSSR count). The molecular weight excluding hydrogens is 230 g/mol. The van der Waals surface area contributed by atoms with Crippen LogP contribution in [0.25, 0.3) is 0 Å². The number of nitriles is 1. The molecular formula is C14H15NO3. The monoisotopic (exact) mass is 245 g/mol. The van der Waals surface area contributed by atoms with Gasteiger partial charge in [0.25, 0.3) is 0 Å². The zero-order chi connectivity index (χ0) is 12.4. The molecule has 0 saturated heterocycles. The molecule has 1 saturated carbocycles. The molecule has 4 nitrogen and oxygen atoms in total. The van der Waals surface area contributed by atoms with E-state index < -0.39 is 0 Å². The van der Waals surface area contributed by atoms with Gasteiger partial charge in [-0.1, -0.05) is 6.07 Å². The van der Waals surface area contributed by atoms with Gasteiger partial charge in [0.1, 0.15) is 0 Å². The summed E-state index contributed by atoms with van der Waals surface area (Å²) in [6, 6.07) is 8.14. The van der Waals surface area contributed by atoms with Gasteiger partial charge >= 0.3 is 0 Å². The number of nitrogens with zero attached hydrogens (tertiary/aromatic N) is 1. The quantitative estimate of drug-likeness (QED) is 0.821. The van der Waals surface area contributed by atoms with Crippen molar-refractivity contribution in [3.05, 3.63) is 23.8 Å². The molecule has 0 radical (unpaired) electrons. The number of hydrogen-bond acceptors (Lipinski definition) is 4. The van der Waals surface area contributed by atoms with E-state index in [1.54, 1.807) is 0 Å². The van der Waals surface area contributed by atoms with Gasteiger partial charge in [0.2, 0.25) is 6.79 Å². The van der Waals surface area contributed by atoms with Crippen molar-refractivity contribution >= 4 is 0 Å². The zero-order valence-corrected chi connectivity index (χ0v) is 10.1. The molecule has 2 unspecified atom stereocenters. The number of rotatable bonds is 3. The molecule has 2 atom stereocenters. The van der Waals surface area contributed by atoms with Crippen molar-refractivity contribution in [2.75, 3.05) is 6.79 Å². The van der Waals surface area contributed by atoms with E-state index >= 15 is 0 Å². The lowest BCUT2D eigenvalue weighted by molar-refractivity contribution is 0.0290. The molecule has 0 spiro atoms. The second kappa shape index (κ2) is 4.87. The Kier molecular flexibility index (Phi) is 3.07. The van der Waals surface area contributed by atoms with Crippen LogP contribution in [-0.2, 0) is 11.3 Å². The molecule has 4 heteroatoms. The van der Waals surface area contributed by atoms with Crippen molar-refractivity contribution in [3.63, 3.8) is 0 Å². The lowest BCUT2D eigenvalue weighted by Gasteiger charge is -2.14. The van der Waals surface area contributed by atoms with Crippen LogP contribution in [-0.4, -0.2) is 12.9 Å². The average molecular weight is 245 g/mol. The van der Waals surface area contributed by atoms with Gasteiger partial charge in [-0.15, -0.1) is 0 Å².